The van der Waals surface area contributed by atoms with Gasteiger partial charge < -0.3 is 20.4 Å². The van der Waals surface area contributed by atoms with Crippen molar-refractivity contribution in [2.75, 3.05) is 20.2 Å². The van der Waals surface area contributed by atoms with Crippen molar-refractivity contribution < 1.29 is 17.9 Å². The van der Waals surface area contributed by atoms with Gasteiger partial charge >= 0.3 is 6.18 Å². The van der Waals surface area contributed by atoms with E-state index in [2.05, 4.69) is 26.7 Å². The molecule has 3 rings (SSSR count). The molecule has 5 nitrogen and oxygen atoms in total. The molecular weight excluding hydrogens is 381 g/mol. The Bertz CT molecular complexity index is 966. The monoisotopic (exact) mass is 404 g/mol. The number of H-pyrrole nitrogens is 1. The first-order valence-electron chi connectivity index (χ1n) is 9.23. The summed E-state index contributed by atoms with van der Waals surface area (Å²) >= 11 is 0. The summed E-state index contributed by atoms with van der Waals surface area (Å²) in [4.78, 5) is 7.41. The van der Waals surface area contributed by atoms with Gasteiger partial charge in [-0.15, -0.1) is 0 Å². The van der Waals surface area contributed by atoms with Crippen LogP contribution in [-0.2, 0) is 13.0 Å². The van der Waals surface area contributed by atoms with E-state index in [0.29, 0.717) is 24.6 Å². The number of alkyl halides is 3. The van der Waals surface area contributed by atoms with Crippen LogP contribution < -0.4 is 15.4 Å². The molecule has 0 radical (unpaired) electrons. The SMILES string of the molecule is CN=C(NCCc1c[nH]c2ccccc12)NCc1ccccc1OCC(F)(F)F. The number of aromatic amines is 1. The van der Waals surface area contributed by atoms with E-state index in [9.17, 15) is 13.2 Å². The number of aliphatic imine (C=N–C) groups is 1. The lowest BCUT2D eigenvalue weighted by Gasteiger charge is -2.15. The predicted molar refractivity (Wildman–Crippen MR) is 108 cm³/mol. The lowest BCUT2D eigenvalue weighted by Crippen LogP contribution is -2.38. The Morgan fingerprint density at radius 3 is 2.59 bits per heavy atom. The zero-order valence-electron chi connectivity index (χ0n) is 16.0. The second-order valence-electron chi connectivity index (χ2n) is 6.47. The van der Waals surface area contributed by atoms with Crippen molar-refractivity contribution in [3.05, 3.63) is 65.9 Å². The number of hydrogen-bond acceptors (Lipinski definition) is 2. The van der Waals surface area contributed by atoms with Crippen molar-refractivity contribution in [1.82, 2.24) is 15.6 Å². The maximum Gasteiger partial charge on any atom is 0.422 e. The second-order valence-corrected chi connectivity index (χ2v) is 6.47. The van der Waals surface area contributed by atoms with Gasteiger partial charge in [-0.1, -0.05) is 36.4 Å². The Morgan fingerprint density at radius 2 is 1.79 bits per heavy atom. The number of aromatic nitrogens is 1. The summed E-state index contributed by atoms with van der Waals surface area (Å²) in [5.74, 6) is 0.766. The van der Waals surface area contributed by atoms with Crippen molar-refractivity contribution in [2.45, 2.75) is 19.1 Å². The smallest absolute Gasteiger partial charge is 0.422 e. The topological polar surface area (TPSA) is 61.4 Å². The van der Waals surface area contributed by atoms with Crippen LogP contribution in [0.15, 0.2) is 59.7 Å². The van der Waals surface area contributed by atoms with Gasteiger partial charge in [-0.3, -0.25) is 4.99 Å². The quantitative estimate of drug-likeness (QED) is 0.412. The average Bonchev–Trinajstić information content (AvgIpc) is 3.12. The van der Waals surface area contributed by atoms with E-state index in [1.165, 1.54) is 17.0 Å². The van der Waals surface area contributed by atoms with Gasteiger partial charge in [0.15, 0.2) is 12.6 Å². The van der Waals surface area contributed by atoms with E-state index in [4.69, 9.17) is 4.74 Å². The van der Waals surface area contributed by atoms with Gasteiger partial charge in [-0.2, -0.15) is 13.2 Å². The summed E-state index contributed by atoms with van der Waals surface area (Å²) in [6.45, 7) is -0.365. The largest absolute Gasteiger partial charge is 0.484 e. The summed E-state index contributed by atoms with van der Waals surface area (Å²) < 4.78 is 42.2. The fourth-order valence-corrected chi connectivity index (χ4v) is 3.00. The maximum atomic E-state index is 12.4. The Labute approximate surface area is 167 Å². The number of hydrogen-bond donors (Lipinski definition) is 3. The standard InChI is InChI=1S/C21H23F3N4O/c1-25-20(26-11-10-15-12-27-18-8-4-3-7-17(15)18)28-13-16-6-2-5-9-19(16)29-14-21(22,23)24/h2-9,12,27H,10-11,13-14H2,1H3,(H2,25,26,28). The molecule has 29 heavy (non-hydrogen) atoms. The molecule has 1 aromatic heterocycles. The van der Waals surface area contributed by atoms with Gasteiger partial charge in [0.1, 0.15) is 5.75 Å². The highest BCUT2D eigenvalue weighted by Gasteiger charge is 2.28. The van der Waals surface area contributed by atoms with E-state index in [-0.39, 0.29) is 5.75 Å². The zero-order chi connectivity index (χ0) is 20.7. The molecule has 3 aromatic rings. The molecule has 0 unspecified atom stereocenters. The molecule has 0 aliphatic rings. The molecule has 0 fully saturated rings. The van der Waals surface area contributed by atoms with Crippen molar-refractivity contribution in [3.63, 3.8) is 0 Å². The molecule has 3 N–H and O–H groups in total. The van der Waals surface area contributed by atoms with Crippen LogP contribution in [0.4, 0.5) is 13.2 Å². The average molecular weight is 404 g/mol. The lowest BCUT2D eigenvalue weighted by molar-refractivity contribution is -0.153. The summed E-state index contributed by atoms with van der Waals surface area (Å²) in [6.07, 6.45) is -1.58. The van der Waals surface area contributed by atoms with E-state index >= 15 is 0 Å². The van der Waals surface area contributed by atoms with Gasteiger partial charge in [-0.05, 0) is 24.1 Å². The minimum atomic E-state index is -4.37. The third-order valence-corrected chi connectivity index (χ3v) is 4.40. The van der Waals surface area contributed by atoms with E-state index in [1.54, 1.807) is 25.2 Å². The van der Waals surface area contributed by atoms with Gasteiger partial charge in [0.2, 0.25) is 0 Å². The predicted octanol–water partition coefficient (Wildman–Crippen LogP) is 4.02. The number of nitrogens with zero attached hydrogens (tertiary/aromatic N) is 1. The van der Waals surface area contributed by atoms with Gasteiger partial charge in [-0.25, -0.2) is 0 Å². The third kappa shape index (κ3) is 5.91. The molecule has 8 heteroatoms. The molecule has 0 saturated heterocycles. The highest BCUT2D eigenvalue weighted by molar-refractivity contribution is 5.83. The summed E-state index contributed by atoms with van der Waals surface area (Å²) in [5.41, 5.74) is 2.92. The first kappa shape index (κ1) is 20.6. The first-order valence-corrected chi connectivity index (χ1v) is 9.23. The molecule has 2 aromatic carbocycles. The molecule has 0 aliphatic carbocycles. The molecule has 0 aliphatic heterocycles. The Morgan fingerprint density at radius 1 is 1.03 bits per heavy atom. The van der Waals surface area contributed by atoms with Crippen LogP contribution in [-0.4, -0.2) is 37.3 Å². The van der Waals surface area contributed by atoms with Crippen molar-refractivity contribution in [2.24, 2.45) is 4.99 Å². The van der Waals surface area contributed by atoms with Gasteiger partial charge in [0.25, 0.3) is 0 Å². The number of guanidine groups is 1. The number of fused-ring (bicyclic) bond motifs is 1. The van der Waals surface area contributed by atoms with E-state index < -0.39 is 12.8 Å². The highest BCUT2D eigenvalue weighted by atomic mass is 19.4. The highest BCUT2D eigenvalue weighted by Crippen LogP contribution is 2.22. The van der Waals surface area contributed by atoms with Crippen LogP contribution in [0.2, 0.25) is 0 Å². The Kier molecular flexibility index (Phi) is 6.64. The van der Waals surface area contributed by atoms with Crippen LogP contribution in [0.3, 0.4) is 0 Å². The molecule has 0 amide bonds. The molecule has 0 spiro atoms. The fourth-order valence-electron chi connectivity index (χ4n) is 3.00. The van der Waals surface area contributed by atoms with E-state index in [1.807, 2.05) is 24.4 Å². The van der Waals surface area contributed by atoms with Crippen LogP contribution >= 0.6 is 0 Å². The number of rotatable bonds is 7. The third-order valence-electron chi connectivity index (χ3n) is 4.40. The van der Waals surface area contributed by atoms with Crippen LogP contribution in [0, 0.1) is 0 Å². The minimum Gasteiger partial charge on any atom is -0.484 e. The molecule has 0 saturated carbocycles. The number of para-hydroxylation sites is 2. The van der Waals surface area contributed by atoms with Crippen molar-refractivity contribution in [3.8, 4) is 5.75 Å². The molecular formula is C21H23F3N4O. The summed E-state index contributed by atoms with van der Waals surface area (Å²) in [6, 6.07) is 14.7. The minimum absolute atomic E-state index is 0.201. The molecule has 0 atom stereocenters. The lowest BCUT2D eigenvalue weighted by atomic mass is 10.1. The molecule has 0 bridgehead atoms. The molecule has 1 heterocycles. The van der Waals surface area contributed by atoms with Crippen molar-refractivity contribution >= 4 is 16.9 Å². The van der Waals surface area contributed by atoms with Crippen LogP contribution in [0.25, 0.3) is 10.9 Å². The number of nitrogens with one attached hydrogen (secondary N) is 3. The van der Waals surface area contributed by atoms with Gasteiger partial charge in [0.05, 0.1) is 0 Å². The normalized spacial score (nSPS) is 12.2. The summed E-state index contributed by atoms with van der Waals surface area (Å²) in [7, 11) is 1.65. The first-order chi connectivity index (χ1) is 14.0. The van der Waals surface area contributed by atoms with Crippen LogP contribution in [0.5, 0.6) is 5.75 Å². The number of halogens is 3. The maximum absolute atomic E-state index is 12.4. The zero-order valence-corrected chi connectivity index (χ0v) is 16.0. The van der Waals surface area contributed by atoms with Crippen molar-refractivity contribution in [1.29, 1.82) is 0 Å². The number of benzene rings is 2. The van der Waals surface area contributed by atoms with Crippen LogP contribution in [0.1, 0.15) is 11.1 Å². The Balaban J connectivity index is 1.52. The Hall–Kier alpha value is -3.16. The van der Waals surface area contributed by atoms with Gasteiger partial charge in [0, 0.05) is 42.8 Å². The number of ether oxygens (including phenoxy) is 1. The van der Waals surface area contributed by atoms with E-state index in [0.717, 1.165) is 11.9 Å². The second kappa shape index (κ2) is 9.36. The fraction of sp³-hybridized carbons (Fsp3) is 0.286. The summed E-state index contributed by atoms with van der Waals surface area (Å²) in [5, 5.41) is 7.52. The molecule has 154 valence electrons.